The first-order valence-electron chi connectivity index (χ1n) is 4.21. The predicted octanol–water partition coefficient (Wildman–Crippen LogP) is 0.322. The van der Waals surface area contributed by atoms with E-state index in [2.05, 4.69) is 23.8 Å². The summed E-state index contributed by atoms with van der Waals surface area (Å²) in [6.07, 6.45) is 1.06. The first-order chi connectivity index (χ1) is 5.64. The van der Waals surface area contributed by atoms with Crippen molar-refractivity contribution in [3.05, 3.63) is 0 Å². The van der Waals surface area contributed by atoms with Gasteiger partial charge in [-0.05, 0) is 13.5 Å². The second-order valence-electron chi connectivity index (χ2n) is 2.73. The maximum absolute atomic E-state index is 5.30. The fourth-order valence-electron chi connectivity index (χ4n) is 0.904. The zero-order valence-electron chi connectivity index (χ0n) is 8.60. The summed E-state index contributed by atoms with van der Waals surface area (Å²) in [7, 11) is 2.85. The molecule has 0 rings (SSSR count). The summed E-state index contributed by atoms with van der Waals surface area (Å²) < 4.78 is 10.6. The molecule has 74 valence electrons. The third-order valence-electron chi connectivity index (χ3n) is 1.95. The molecular weight excluding hydrogens is 172 g/mol. The molecule has 0 aromatic rings. The van der Waals surface area contributed by atoms with Crippen LogP contribution in [0.2, 0.25) is 0 Å². The molecule has 0 aliphatic heterocycles. The van der Waals surface area contributed by atoms with Crippen LogP contribution in [0.4, 0.5) is 0 Å². The molecular formula is C7H20N2O2Si. The molecule has 0 aromatic heterocycles. The van der Waals surface area contributed by atoms with Gasteiger partial charge in [-0.3, -0.25) is 9.96 Å². The third kappa shape index (κ3) is 3.20. The highest BCUT2D eigenvalue weighted by Crippen LogP contribution is 1.99. The minimum absolute atomic E-state index is 0.406. The van der Waals surface area contributed by atoms with Crippen LogP contribution in [0.15, 0.2) is 0 Å². The average Bonchev–Trinajstić information content (AvgIpc) is 2.14. The van der Waals surface area contributed by atoms with Crippen LogP contribution in [0.3, 0.4) is 0 Å². The van der Waals surface area contributed by atoms with Gasteiger partial charge in [-0.25, -0.2) is 0 Å². The third-order valence-corrected chi connectivity index (χ3v) is 4.63. The minimum Gasteiger partial charge on any atom is -0.374 e. The topological polar surface area (TPSA) is 42.5 Å². The Morgan fingerprint density at radius 2 is 1.83 bits per heavy atom. The molecule has 5 heteroatoms. The average molecular weight is 192 g/mol. The van der Waals surface area contributed by atoms with Crippen molar-refractivity contribution in [2.24, 2.45) is 0 Å². The number of hydrogen-bond donors (Lipinski definition) is 2. The summed E-state index contributed by atoms with van der Waals surface area (Å²) >= 11 is 0. The number of hydrogen-bond acceptors (Lipinski definition) is 4. The zero-order valence-corrected chi connectivity index (χ0v) is 9.60. The zero-order chi connectivity index (χ0) is 9.61. The van der Waals surface area contributed by atoms with Crippen LogP contribution in [-0.4, -0.2) is 36.2 Å². The fraction of sp³-hybridized carbons (Fsp3) is 1.00. The lowest BCUT2D eigenvalue weighted by atomic mass is 10.3. The Balaban J connectivity index is 4.09. The lowest BCUT2D eigenvalue weighted by Crippen LogP contribution is -2.67. The Morgan fingerprint density at radius 3 is 2.08 bits per heavy atom. The van der Waals surface area contributed by atoms with E-state index in [4.69, 9.17) is 8.85 Å². The highest BCUT2D eigenvalue weighted by atomic mass is 28.4. The van der Waals surface area contributed by atoms with Crippen LogP contribution >= 0.6 is 0 Å². The van der Waals surface area contributed by atoms with Crippen molar-refractivity contribution in [2.75, 3.05) is 21.3 Å². The Hall–Kier alpha value is 0.0569. The number of rotatable bonds is 6. The van der Waals surface area contributed by atoms with Gasteiger partial charge in [0.1, 0.15) is 0 Å². The van der Waals surface area contributed by atoms with Gasteiger partial charge in [0.2, 0.25) is 0 Å². The lowest BCUT2D eigenvalue weighted by molar-refractivity contribution is 0.211. The molecule has 0 saturated carbocycles. The smallest absolute Gasteiger partial charge is 0.374 e. The second kappa shape index (κ2) is 5.66. The minimum atomic E-state index is -2.30. The van der Waals surface area contributed by atoms with Gasteiger partial charge >= 0.3 is 8.88 Å². The van der Waals surface area contributed by atoms with Gasteiger partial charge in [-0.2, -0.15) is 0 Å². The first-order valence-corrected chi connectivity index (χ1v) is 6.02. The maximum Gasteiger partial charge on any atom is 0.516 e. The van der Waals surface area contributed by atoms with Gasteiger partial charge in [-0.1, -0.05) is 13.8 Å². The van der Waals surface area contributed by atoms with Crippen LogP contribution in [-0.2, 0) is 8.85 Å². The molecule has 0 radical (unpaired) electrons. The van der Waals surface area contributed by atoms with E-state index in [-0.39, 0.29) is 0 Å². The summed E-state index contributed by atoms with van der Waals surface area (Å²) in [5.74, 6) is 0. The Bertz CT molecular complexity index is 112. The second-order valence-corrected chi connectivity index (χ2v) is 5.57. The van der Waals surface area contributed by atoms with E-state index in [1.807, 2.05) is 7.05 Å². The Kier molecular flexibility index (Phi) is 5.69. The van der Waals surface area contributed by atoms with Crippen LogP contribution in [0, 0.1) is 0 Å². The van der Waals surface area contributed by atoms with Crippen LogP contribution in [0.5, 0.6) is 0 Å². The molecule has 0 aromatic carbocycles. The van der Waals surface area contributed by atoms with Crippen molar-refractivity contribution in [3.63, 3.8) is 0 Å². The largest absolute Gasteiger partial charge is 0.516 e. The van der Waals surface area contributed by atoms with E-state index in [0.29, 0.717) is 6.04 Å². The molecule has 0 aliphatic carbocycles. The molecule has 0 bridgehead atoms. The monoisotopic (exact) mass is 192 g/mol. The van der Waals surface area contributed by atoms with Crippen molar-refractivity contribution < 1.29 is 8.85 Å². The van der Waals surface area contributed by atoms with E-state index in [9.17, 15) is 0 Å². The molecule has 0 amide bonds. The molecule has 2 N–H and O–H groups in total. The molecule has 1 unspecified atom stereocenters. The quantitative estimate of drug-likeness (QED) is 0.595. The van der Waals surface area contributed by atoms with Crippen molar-refractivity contribution in [1.82, 2.24) is 9.96 Å². The molecule has 4 nitrogen and oxygen atoms in total. The fourth-order valence-corrected chi connectivity index (χ4v) is 2.71. The summed E-state index contributed by atoms with van der Waals surface area (Å²) in [5.41, 5.74) is 0. The van der Waals surface area contributed by atoms with Crippen LogP contribution < -0.4 is 9.96 Å². The molecule has 0 heterocycles. The van der Waals surface area contributed by atoms with E-state index in [1.54, 1.807) is 14.2 Å². The van der Waals surface area contributed by atoms with Crippen LogP contribution in [0.25, 0.3) is 0 Å². The van der Waals surface area contributed by atoms with Crippen molar-refractivity contribution in [1.29, 1.82) is 0 Å². The summed E-state index contributed by atoms with van der Waals surface area (Å²) in [5, 5.41) is 0. The van der Waals surface area contributed by atoms with Gasteiger partial charge in [-0.15, -0.1) is 0 Å². The standard InChI is InChI=1S/C7H20N2O2Si/c1-6-7(2)9-12(8-3,10-4)11-5/h7-9H,6H2,1-5H3. The summed E-state index contributed by atoms with van der Waals surface area (Å²) in [6.45, 7) is 4.23. The summed E-state index contributed by atoms with van der Waals surface area (Å²) in [6, 6.07) is 0.406. The maximum atomic E-state index is 5.30. The summed E-state index contributed by atoms with van der Waals surface area (Å²) in [4.78, 5) is 6.38. The first kappa shape index (κ1) is 12.1. The predicted molar refractivity (Wildman–Crippen MR) is 51.7 cm³/mol. The highest BCUT2D eigenvalue weighted by molar-refractivity contribution is 6.62. The molecule has 0 saturated heterocycles. The van der Waals surface area contributed by atoms with Gasteiger partial charge in [0.05, 0.1) is 0 Å². The molecule has 0 aliphatic rings. The van der Waals surface area contributed by atoms with Gasteiger partial charge in [0, 0.05) is 20.3 Å². The molecule has 12 heavy (non-hydrogen) atoms. The van der Waals surface area contributed by atoms with Gasteiger partial charge in [0.15, 0.2) is 0 Å². The van der Waals surface area contributed by atoms with Gasteiger partial charge < -0.3 is 8.85 Å². The van der Waals surface area contributed by atoms with Crippen LogP contribution in [0.1, 0.15) is 20.3 Å². The van der Waals surface area contributed by atoms with Gasteiger partial charge in [0.25, 0.3) is 0 Å². The van der Waals surface area contributed by atoms with Crippen molar-refractivity contribution >= 4 is 8.88 Å². The van der Waals surface area contributed by atoms with E-state index in [0.717, 1.165) is 6.42 Å². The number of nitrogens with one attached hydrogen (secondary N) is 2. The van der Waals surface area contributed by atoms with E-state index < -0.39 is 8.88 Å². The molecule has 1 atom stereocenters. The highest BCUT2D eigenvalue weighted by Gasteiger charge is 2.36. The van der Waals surface area contributed by atoms with E-state index >= 15 is 0 Å². The van der Waals surface area contributed by atoms with E-state index in [1.165, 1.54) is 0 Å². The molecule has 0 spiro atoms. The normalized spacial score (nSPS) is 14.8. The Labute approximate surface area is 76.0 Å². The Morgan fingerprint density at radius 1 is 1.33 bits per heavy atom. The van der Waals surface area contributed by atoms with Crippen molar-refractivity contribution in [3.8, 4) is 0 Å². The lowest BCUT2D eigenvalue weighted by Gasteiger charge is -2.29. The molecule has 0 fully saturated rings. The SMILES string of the molecule is CCC(C)N[Si](NC)(OC)OC. The van der Waals surface area contributed by atoms with Crippen molar-refractivity contribution in [2.45, 2.75) is 26.3 Å².